The van der Waals surface area contributed by atoms with E-state index in [1.807, 2.05) is 19.1 Å². The van der Waals surface area contributed by atoms with Crippen LogP contribution in [-0.2, 0) is 12.8 Å². The monoisotopic (exact) mass is 273 g/mol. The zero-order valence-electron chi connectivity index (χ0n) is 11.4. The molecule has 0 radical (unpaired) electrons. The van der Waals surface area contributed by atoms with Crippen molar-refractivity contribution in [1.29, 1.82) is 0 Å². The number of hydrogen-bond acceptors (Lipinski definition) is 3. The van der Waals surface area contributed by atoms with Crippen LogP contribution in [0.2, 0.25) is 0 Å². The molecule has 2 rings (SSSR count). The van der Waals surface area contributed by atoms with Gasteiger partial charge >= 0.3 is 0 Å². The summed E-state index contributed by atoms with van der Waals surface area (Å²) in [4.78, 5) is 13.9. The second-order valence-corrected chi connectivity index (χ2v) is 6.08. The predicted molar refractivity (Wildman–Crippen MR) is 82.7 cm³/mol. The van der Waals surface area contributed by atoms with Gasteiger partial charge in [-0.15, -0.1) is 11.3 Å². The molecule has 1 aromatic heterocycles. The molecule has 0 aromatic carbocycles. The molecular weight excluding hydrogens is 254 g/mol. The Hall–Kier alpha value is -1.61. The molecule has 1 aromatic rings. The fourth-order valence-electron chi connectivity index (χ4n) is 2.56. The second kappa shape index (κ2) is 5.57. The first-order chi connectivity index (χ1) is 9.08. The summed E-state index contributed by atoms with van der Waals surface area (Å²) in [6, 6.07) is 0. The molecule has 0 spiro atoms. The number of hydrogen-bond donors (Lipinski definition) is 1. The molecule has 0 aliphatic heterocycles. The van der Waals surface area contributed by atoms with Crippen LogP contribution < -0.4 is 5.73 Å². The van der Waals surface area contributed by atoms with Gasteiger partial charge in [-0.25, -0.2) is 0 Å². The van der Waals surface area contributed by atoms with Crippen LogP contribution in [0.1, 0.15) is 34.6 Å². The van der Waals surface area contributed by atoms with Gasteiger partial charge in [-0.3, -0.25) is 4.79 Å². The lowest BCUT2D eigenvalue weighted by Gasteiger charge is -2.05. The van der Waals surface area contributed by atoms with Crippen LogP contribution in [0.25, 0.3) is 0 Å². The van der Waals surface area contributed by atoms with Crippen molar-refractivity contribution in [2.24, 2.45) is 5.92 Å². The van der Waals surface area contributed by atoms with Crippen LogP contribution >= 0.6 is 11.3 Å². The number of Topliss-reactive ketones (excluding diaryl/α,β-unsaturated/α-hetero) is 1. The Morgan fingerprint density at radius 3 is 2.84 bits per heavy atom. The number of fused-ring (bicyclic) bond motifs is 1. The van der Waals surface area contributed by atoms with Gasteiger partial charge in [-0.1, -0.05) is 37.8 Å². The standard InChI is InChI=1S/C16H19NOS/c1-4-6-11(7-5-2)15(18)14-12-8-10(3)9-13(12)19-16(14)17/h4-7,10H,1,8-9,17H2,2-3H3/b7-5-,11-6+/t10-/m0/s1. The van der Waals surface area contributed by atoms with E-state index in [1.165, 1.54) is 10.4 Å². The molecular formula is C16H19NOS. The highest BCUT2D eigenvalue weighted by atomic mass is 32.1. The van der Waals surface area contributed by atoms with Crippen molar-refractivity contribution in [3.8, 4) is 0 Å². The minimum Gasteiger partial charge on any atom is -0.390 e. The number of nitrogen functional groups attached to an aromatic ring is 1. The number of thiophene rings is 1. The summed E-state index contributed by atoms with van der Waals surface area (Å²) >= 11 is 1.57. The van der Waals surface area contributed by atoms with Gasteiger partial charge in [0.05, 0.1) is 10.6 Å². The Bertz CT molecular complexity index is 578. The van der Waals surface area contributed by atoms with Gasteiger partial charge in [0.2, 0.25) is 0 Å². The van der Waals surface area contributed by atoms with Crippen molar-refractivity contribution in [3.05, 3.63) is 52.5 Å². The normalized spacial score (nSPS) is 18.8. The predicted octanol–water partition coefficient (Wildman–Crippen LogP) is 3.94. The van der Waals surface area contributed by atoms with Crippen molar-refractivity contribution in [1.82, 2.24) is 0 Å². The zero-order valence-corrected chi connectivity index (χ0v) is 12.2. The Labute approximate surface area is 118 Å². The van der Waals surface area contributed by atoms with Crippen LogP contribution in [0.5, 0.6) is 0 Å². The van der Waals surface area contributed by atoms with E-state index in [0.717, 1.165) is 18.4 Å². The Morgan fingerprint density at radius 1 is 1.47 bits per heavy atom. The summed E-state index contributed by atoms with van der Waals surface area (Å²) < 4.78 is 0. The number of rotatable bonds is 4. The molecule has 2 nitrogen and oxygen atoms in total. The van der Waals surface area contributed by atoms with Gasteiger partial charge in [0.1, 0.15) is 0 Å². The van der Waals surface area contributed by atoms with Gasteiger partial charge < -0.3 is 5.73 Å². The number of anilines is 1. The van der Waals surface area contributed by atoms with E-state index in [9.17, 15) is 4.79 Å². The highest BCUT2D eigenvalue weighted by molar-refractivity contribution is 7.16. The topological polar surface area (TPSA) is 43.1 Å². The lowest BCUT2D eigenvalue weighted by molar-refractivity contribution is 0.103. The molecule has 19 heavy (non-hydrogen) atoms. The van der Waals surface area contributed by atoms with Crippen molar-refractivity contribution in [3.63, 3.8) is 0 Å². The second-order valence-electron chi connectivity index (χ2n) is 4.94. The summed E-state index contributed by atoms with van der Waals surface area (Å²) in [5, 5.41) is 0.654. The van der Waals surface area contributed by atoms with E-state index >= 15 is 0 Å². The molecule has 0 saturated carbocycles. The molecule has 0 bridgehead atoms. The van der Waals surface area contributed by atoms with Crippen LogP contribution in [0.15, 0.2) is 36.5 Å². The molecule has 0 amide bonds. The molecule has 0 unspecified atom stereocenters. The number of ketones is 1. The summed E-state index contributed by atoms with van der Waals surface area (Å²) in [6.07, 6.45) is 9.05. The summed E-state index contributed by atoms with van der Waals surface area (Å²) in [7, 11) is 0. The molecule has 1 aliphatic rings. The first-order valence-corrected chi connectivity index (χ1v) is 7.30. The summed E-state index contributed by atoms with van der Waals surface area (Å²) in [6.45, 7) is 7.77. The van der Waals surface area contributed by atoms with E-state index < -0.39 is 0 Å². The minimum absolute atomic E-state index is 0.0158. The van der Waals surface area contributed by atoms with Crippen LogP contribution in [0.4, 0.5) is 5.00 Å². The van der Waals surface area contributed by atoms with Crippen molar-refractivity contribution in [2.75, 3.05) is 5.73 Å². The first kappa shape index (κ1) is 13.8. The maximum atomic E-state index is 12.6. The largest absolute Gasteiger partial charge is 0.390 e. The Kier molecular flexibility index (Phi) is 4.05. The van der Waals surface area contributed by atoms with E-state index in [1.54, 1.807) is 23.5 Å². The van der Waals surface area contributed by atoms with Gasteiger partial charge in [-0.05, 0) is 31.2 Å². The van der Waals surface area contributed by atoms with Gasteiger partial charge in [-0.2, -0.15) is 0 Å². The molecule has 0 saturated heterocycles. The third kappa shape index (κ3) is 2.56. The third-order valence-corrected chi connectivity index (χ3v) is 4.42. The average Bonchev–Trinajstić information content (AvgIpc) is 2.82. The maximum absolute atomic E-state index is 12.6. The average molecular weight is 273 g/mol. The van der Waals surface area contributed by atoms with E-state index in [4.69, 9.17) is 5.73 Å². The fraction of sp³-hybridized carbons (Fsp3) is 0.312. The van der Waals surface area contributed by atoms with Crippen molar-refractivity contribution < 1.29 is 4.79 Å². The summed E-state index contributed by atoms with van der Waals surface area (Å²) in [5.41, 5.74) is 8.58. The summed E-state index contributed by atoms with van der Waals surface area (Å²) in [5.74, 6) is 0.629. The number of allylic oxidation sites excluding steroid dienone is 5. The lowest BCUT2D eigenvalue weighted by Crippen LogP contribution is -2.07. The lowest BCUT2D eigenvalue weighted by atomic mass is 9.98. The molecule has 1 heterocycles. The molecule has 0 fully saturated rings. The molecule has 2 N–H and O–H groups in total. The van der Waals surface area contributed by atoms with E-state index in [-0.39, 0.29) is 5.78 Å². The van der Waals surface area contributed by atoms with Crippen LogP contribution in [0.3, 0.4) is 0 Å². The number of carbonyl (C=O) groups excluding carboxylic acids is 1. The molecule has 1 atom stereocenters. The fourth-order valence-corrected chi connectivity index (χ4v) is 3.82. The van der Waals surface area contributed by atoms with Crippen LogP contribution in [-0.4, -0.2) is 5.78 Å². The third-order valence-electron chi connectivity index (χ3n) is 3.34. The Morgan fingerprint density at radius 2 is 2.21 bits per heavy atom. The number of carbonyl (C=O) groups is 1. The minimum atomic E-state index is 0.0158. The molecule has 3 heteroatoms. The van der Waals surface area contributed by atoms with E-state index in [2.05, 4.69) is 13.5 Å². The van der Waals surface area contributed by atoms with Gasteiger partial charge in [0, 0.05) is 10.5 Å². The van der Waals surface area contributed by atoms with Crippen molar-refractivity contribution >= 4 is 22.1 Å². The van der Waals surface area contributed by atoms with Crippen molar-refractivity contribution in [2.45, 2.75) is 26.7 Å². The number of nitrogens with two attached hydrogens (primary N) is 1. The highest BCUT2D eigenvalue weighted by Gasteiger charge is 2.29. The van der Waals surface area contributed by atoms with E-state index in [0.29, 0.717) is 16.5 Å². The first-order valence-electron chi connectivity index (χ1n) is 6.48. The van der Waals surface area contributed by atoms with Crippen LogP contribution in [0, 0.1) is 5.92 Å². The zero-order chi connectivity index (χ0) is 14.0. The Balaban J connectivity index is 2.45. The van der Waals surface area contributed by atoms with Gasteiger partial charge in [0.25, 0.3) is 0 Å². The maximum Gasteiger partial charge on any atom is 0.196 e. The van der Waals surface area contributed by atoms with Gasteiger partial charge in [0.15, 0.2) is 5.78 Å². The molecule has 100 valence electrons. The quantitative estimate of drug-likeness (QED) is 0.513. The molecule has 1 aliphatic carbocycles. The SMILES string of the molecule is C=C/C=C(\C=C/C)C(=O)c1c(N)sc2c1C[C@H](C)C2. The smallest absolute Gasteiger partial charge is 0.196 e. The highest BCUT2D eigenvalue weighted by Crippen LogP contribution is 2.40.